The van der Waals surface area contributed by atoms with Gasteiger partial charge in [0, 0.05) is 24.0 Å². The lowest BCUT2D eigenvalue weighted by Gasteiger charge is -2.15. The molecule has 2 heterocycles. The molecule has 0 spiro atoms. The minimum atomic E-state index is 0.558. The maximum absolute atomic E-state index is 5.95. The van der Waals surface area contributed by atoms with E-state index in [2.05, 4.69) is 35.4 Å². The Morgan fingerprint density at radius 1 is 1.20 bits per heavy atom. The fourth-order valence-corrected chi connectivity index (χ4v) is 3.38. The van der Waals surface area contributed by atoms with E-state index in [1.165, 1.54) is 43.4 Å². The molecular formula is C20H30N4O. The number of benzene rings is 1. The number of guanidine groups is 1. The van der Waals surface area contributed by atoms with Crippen molar-refractivity contribution in [3.05, 3.63) is 35.6 Å². The zero-order valence-electron chi connectivity index (χ0n) is 15.5. The highest BCUT2D eigenvalue weighted by Crippen LogP contribution is 2.25. The van der Waals surface area contributed by atoms with E-state index in [9.17, 15) is 0 Å². The number of rotatable bonds is 7. The topological polar surface area (TPSA) is 52.8 Å². The summed E-state index contributed by atoms with van der Waals surface area (Å²) in [5.74, 6) is 1.80. The first kappa shape index (κ1) is 17.8. The van der Waals surface area contributed by atoms with Crippen molar-refractivity contribution in [2.24, 2.45) is 4.99 Å². The Bertz CT molecular complexity index is 701. The van der Waals surface area contributed by atoms with Crippen LogP contribution < -0.4 is 10.6 Å². The summed E-state index contributed by atoms with van der Waals surface area (Å²) in [6, 6.07) is 8.16. The lowest BCUT2D eigenvalue weighted by Crippen LogP contribution is -2.38. The molecular weight excluding hydrogens is 312 g/mol. The maximum atomic E-state index is 5.95. The van der Waals surface area contributed by atoms with Gasteiger partial charge in [0.2, 0.25) is 0 Å². The van der Waals surface area contributed by atoms with Crippen molar-refractivity contribution in [1.82, 2.24) is 15.5 Å². The van der Waals surface area contributed by atoms with Crippen molar-refractivity contribution < 1.29 is 4.42 Å². The monoisotopic (exact) mass is 342 g/mol. The van der Waals surface area contributed by atoms with Gasteiger partial charge in [-0.25, -0.2) is 4.99 Å². The molecule has 3 rings (SSSR count). The first-order valence-electron chi connectivity index (χ1n) is 9.49. The van der Waals surface area contributed by atoms with Gasteiger partial charge in [0.05, 0.1) is 0 Å². The molecule has 0 radical (unpaired) electrons. The van der Waals surface area contributed by atoms with E-state index in [0.717, 1.165) is 36.8 Å². The number of nitrogens with one attached hydrogen (secondary N) is 2. The Hall–Kier alpha value is -2.01. The zero-order valence-corrected chi connectivity index (χ0v) is 15.5. The van der Waals surface area contributed by atoms with Crippen LogP contribution in [0.1, 0.15) is 37.5 Å². The highest BCUT2D eigenvalue weighted by molar-refractivity contribution is 5.82. The van der Waals surface area contributed by atoms with Crippen LogP contribution in [0.2, 0.25) is 0 Å². The normalized spacial score (nSPS) is 15.8. The molecule has 0 aliphatic carbocycles. The third-order valence-corrected chi connectivity index (χ3v) is 4.81. The number of furan rings is 1. The maximum Gasteiger partial charge on any atom is 0.191 e. The van der Waals surface area contributed by atoms with Crippen molar-refractivity contribution in [3.63, 3.8) is 0 Å². The molecule has 0 amide bonds. The first-order valence-corrected chi connectivity index (χ1v) is 9.49. The van der Waals surface area contributed by atoms with Crippen LogP contribution in [-0.4, -0.2) is 43.6 Å². The van der Waals surface area contributed by atoms with Gasteiger partial charge in [-0.15, -0.1) is 0 Å². The summed E-state index contributed by atoms with van der Waals surface area (Å²) in [7, 11) is 0. The van der Waals surface area contributed by atoms with Crippen molar-refractivity contribution >= 4 is 16.9 Å². The Morgan fingerprint density at radius 2 is 2.00 bits per heavy atom. The number of fused-ring (bicyclic) bond motifs is 1. The first-order chi connectivity index (χ1) is 12.3. The Morgan fingerprint density at radius 3 is 2.76 bits per heavy atom. The number of hydrogen-bond acceptors (Lipinski definition) is 3. The number of likely N-dealkylation sites (tertiary alicyclic amines) is 1. The second-order valence-electron chi connectivity index (χ2n) is 6.67. The molecule has 0 unspecified atom stereocenters. The standard InChI is InChI=1S/C20H30N4O/c1-3-21-20(22-11-8-14-24-12-6-7-13-24)23-15-19-16(2)17-9-4-5-10-18(17)25-19/h4-5,9-10H,3,6-8,11-15H2,1-2H3,(H2,21,22,23). The predicted octanol–water partition coefficient (Wildman–Crippen LogP) is 3.28. The molecule has 0 saturated carbocycles. The molecule has 1 aromatic carbocycles. The summed E-state index contributed by atoms with van der Waals surface area (Å²) in [5.41, 5.74) is 2.12. The van der Waals surface area contributed by atoms with E-state index in [-0.39, 0.29) is 0 Å². The van der Waals surface area contributed by atoms with Crippen LogP contribution in [0.3, 0.4) is 0 Å². The molecule has 1 fully saturated rings. The lowest BCUT2D eigenvalue weighted by atomic mass is 10.1. The Kier molecular flexibility index (Phi) is 6.34. The van der Waals surface area contributed by atoms with Crippen molar-refractivity contribution in [2.45, 2.75) is 39.7 Å². The summed E-state index contributed by atoms with van der Waals surface area (Å²) < 4.78 is 5.95. The summed E-state index contributed by atoms with van der Waals surface area (Å²) in [4.78, 5) is 7.24. The van der Waals surface area contributed by atoms with Crippen LogP contribution in [0, 0.1) is 6.92 Å². The number of nitrogens with zero attached hydrogens (tertiary/aromatic N) is 2. The summed E-state index contributed by atoms with van der Waals surface area (Å²) in [6.07, 6.45) is 3.86. The predicted molar refractivity (Wildman–Crippen MR) is 104 cm³/mol. The van der Waals surface area contributed by atoms with Crippen LogP contribution in [0.15, 0.2) is 33.7 Å². The minimum absolute atomic E-state index is 0.558. The van der Waals surface area contributed by atoms with Gasteiger partial charge in [-0.3, -0.25) is 0 Å². The highest BCUT2D eigenvalue weighted by atomic mass is 16.3. The van der Waals surface area contributed by atoms with Crippen molar-refractivity contribution in [3.8, 4) is 0 Å². The second kappa shape index (κ2) is 8.90. The van der Waals surface area contributed by atoms with Crippen molar-refractivity contribution in [1.29, 1.82) is 0 Å². The van der Waals surface area contributed by atoms with E-state index in [0.29, 0.717) is 6.54 Å². The van der Waals surface area contributed by atoms with Crippen molar-refractivity contribution in [2.75, 3.05) is 32.7 Å². The Balaban J connectivity index is 1.54. The average Bonchev–Trinajstić information content (AvgIpc) is 3.25. The van der Waals surface area contributed by atoms with Gasteiger partial charge < -0.3 is 20.0 Å². The molecule has 25 heavy (non-hydrogen) atoms. The lowest BCUT2D eigenvalue weighted by molar-refractivity contribution is 0.334. The molecule has 136 valence electrons. The highest BCUT2D eigenvalue weighted by Gasteiger charge is 2.11. The SMILES string of the molecule is CCNC(=NCc1oc2ccccc2c1C)NCCCN1CCCC1. The number of aliphatic imine (C=N–C) groups is 1. The van der Waals surface area contributed by atoms with Gasteiger partial charge in [-0.1, -0.05) is 18.2 Å². The third kappa shape index (κ3) is 4.75. The summed E-state index contributed by atoms with van der Waals surface area (Å²) in [5, 5.41) is 7.93. The smallest absolute Gasteiger partial charge is 0.191 e. The molecule has 1 saturated heterocycles. The molecule has 0 atom stereocenters. The quantitative estimate of drug-likeness (QED) is 0.461. The summed E-state index contributed by atoms with van der Waals surface area (Å²) in [6.45, 7) is 10.3. The van der Waals surface area contributed by atoms with Gasteiger partial charge in [0.1, 0.15) is 17.9 Å². The van der Waals surface area contributed by atoms with Crippen LogP contribution in [-0.2, 0) is 6.54 Å². The molecule has 1 aromatic heterocycles. The number of aryl methyl sites for hydroxylation is 1. The molecule has 1 aliphatic rings. The molecule has 2 aromatic rings. The van der Waals surface area contributed by atoms with Gasteiger partial charge in [-0.05, 0) is 58.8 Å². The molecule has 5 heteroatoms. The largest absolute Gasteiger partial charge is 0.459 e. The zero-order chi connectivity index (χ0) is 17.5. The van der Waals surface area contributed by atoms with E-state index >= 15 is 0 Å². The minimum Gasteiger partial charge on any atom is -0.459 e. The van der Waals surface area contributed by atoms with Gasteiger partial charge in [0.25, 0.3) is 0 Å². The number of hydrogen-bond donors (Lipinski definition) is 2. The third-order valence-electron chi connectivity index (χ3n) is 4.81. The van der Waals surface area contributed by atoms with Crippen LogP contribution in [0.25, 0.3) is 11.0 Å². The second-order valence-corrected chi connectivity index (χ2v) is 6.67. The molecule has 1 aliphatic heterocycles. The van der Waals surface area contributed by atoms with Gasteiger partial charge >= 0.3 is 0 Å². The molecule has 0 bridgehead atoms. The van der Waals surface area contributed by atoms with Gasteiger partial charge in [-0.2, -0.15) is 0 Å². The molecule has 5 nitrogen and oxygen atoms in total. The van der Waals surface area contributed by atoms with E-state index in [4.69, 9.17) is 9.41 Å². The summed E-state index contributed by atoms with van der Waals surface area (Å²) >= 11 is 0. The van der Waals surface area contributed by atoms with Crippen LogP contribution in [0.4, 0.5) is 0 Å². The fraction of sp³-hybridized carbons (Fsp3) is 0.550. The van der Waals surface area contributed by atoms with E-state index in [1.807, 2.05) is 18.2 Å². The average molecular weight is 342 g/mol. The van der Waals surface area contributed by atoms with Crippen LogP contribution >= 0.6 is 0 Å². The van der Waals surface area contributed by atoms with Gasteiger partial charge in [0.15, 0.2) is 5.96 Å². The van der Waals surface area contributed by atoms with E-state index in [1.54, 1.807) is 0 Å². The number of para-hydroxylation sites is 1. The fourth-order valence-electron chi connectivity index (χ4n) is 3.38. The van der Waals surface area contributed by atoms with E-state index < -0.39 is 0 Å². The van der Waals surface area contributed by atoms with Crippen LogP contribution in [0.5, 0.6) is 0 Å². The Labute approximate surface area is 150 Å². The molecule has 2 N–H and O–H groups in total.